The molecule has 0 saturated heterocycles. The van der Waals surface area contributed by atoms with Crippen LogP contribution in [0.3, 0.4) is 0 Å². The molecule has 0 aliphatic heterocycles. The molecule has 0 bridgehead atoms. The summed E-state index contributed by atoms with van der Waals surface area (Å²) in [6, 6.07) is 12.0. The van der Waals surface area contributed by atoms with Crippen LogP contribution in [0.15, 0.2) is 42.5 Å². The largest absolute Gasteiger partial charge is 0.478 e. The third-order valence-electron chi connectivity index (χ3n) is 3.02. The van der Waals surface area contributed by atoms with Gasteiger partial charge in [0.25, 0.3) is 0 Å². The molecule has 0 aliphatic rings. The second-order valence-corrected chi connectivity index (χ2v) is 4.54. The summed E-state index contributed by atoms with van der Waals surface area (Å²) in [5.74, 6) is -2.12. The molecule has 0 aromatic heterocycles. The van der Waals surface area contributed by atoms with Crippen molar-refractivity contribution in [1.29, 1.82) is 0 Å². The van der Waals surface area contributed by atoms with Gasteiger partial charge in [-0.3, -0.25) is 0 Å². The first kappa shape index (κ1) is 13.9. The average Bonchev–Trinajstić information content (AvgIpc) is 2.41. The van der Waals surface area contributed by atoms with Crippen LogP contribution in [-0.2, 0) is 6.54 Å². The van der Waals surface area contributed by atoms with Gasteiger partial charge in [0.2, 0.25) is 0 Å². The van der Waals surface area contributed by atoms with E-state index in [-0.39, 0.29) is 5.69 Å². The second kappa shape index (κ2) is 5.61. The third kappa shape index (κ3) is 2.88. The number of rotatable bonds is 4. The number of hydrogen-bond donors (Lipinski definition) is 2. The number of carbonyl (C=O) groups is 1. The summed E-state index contributed by atoms with van der Waals surface area (Å²) in [4.78, 5) is 12.6. The molecule has 0 unspecified atom stereocenters. The van der Waals surface area contributed by atoms with E-state index in [9.17, 15) is 9.18 Å². The van der Waals surface area contributed by atoms with E-state index in [0.717, 1.165) is 17.7 Å². The Morgan fingerprint density at radius 1 is 1.30 bits per heavy atom. The number of halogens is 1. The summed E-state index contributed by atoms with van der Waals surface area (Å²) >= 11 is 0. The Labute approximate surface area is 116 Å². The smallest absolute Gasteiger partial charge is 0.338 e. The lowest BCUT2D eigenvalue weighted by molar-refractivity contribution is 0.0692. The Hall–Kier alpha value is -2.56. The van der Waals surface area contributed by atoms with Gasteiger partial charge in [-0.1, -0.05) is 30.3 Å². The maximum Gasteiger partial charge on any atom is 0.338 e. The van der Waals surface area contributed by atoms with Crippen LogP contribution in [0.1, 0.15) is 15.9 Å². The quantitative estimate of drug-likeness (QED) is 0.841. The summed E-state index contributed by atoms with van der Waals surface area (Å²) in [5, 5.41) is 8.85. The van der Waals surface area contributed by atoms with Gasteiger partial charge in [-0.25, -0.2) is 9.18 Å². The number of benzene rings is 2. The van der Waals surface area contributed by atoms with Gasteiger partial charge in [0.1, 0.15) is 5.82 Å². The number of carboxylic acids is 1. The molecule has 3 N–H and O–H groups in total. The zero-order valence-electron chi connectivity index (χ0n) is 11.0. The summed E-state index contributed by atoms with van der Waals surface area (Å²) in [6.45, 7) is 0.552. The summed E-state index contributed by atoms with van der Waals surface area (Å²) in [5.41, 5.74) is 7.15. The Bertz CT molecular complexity index is 629. The van der Waals surface area contributed by atoms with Crippen LogP contribution >= 0.6 is 0 Å². The first-order valence-electron chi connectivity index (χ1n) is 6.06. The van der Waals surface area contributed by atoms with E-state index in [1.54, 1.807) is 11.9 Å². The van der Waals surface area contributed by atoms with E-state index >= 15 is 0 Å². The fourth-order valence-corrected chi connectivity index (χ4v) is 2.02. The van der Waals surface area contributed by atoms with Gasteiger partial charge in [0.15, 0.2) is 0 Å². The molecule has 5 heteroatoms. The molecular weight excluding hydrogens is 259 g/mol. The van der Waals surface area contributed by atoms with E-state index in [2.05, 4.69) is 0 Å². The van der Waals surface area contributed by atoms with Gasteiger partial charge in [-0.05, 0) is 11.6 Å². The zero-order chi connectivity index (χ0) is 14.7. The highest BCUT2D eigenvalue weighted by Gasteiger charge is 2.15. The minimum atomic E-state index is -1.33. The van der Waals surface area contributed by atoms with E-state index in [1.165, 1.54) is 0 Å². The molecule has 0 radical (unpaired) electrons. The molecular formula is C15H15FN2O2. The number of nitrogens with zero attached hydrogens (tertiary/aromatic N) is 1. The molecule has 4 nitrogen and oxygen atoms in total. The first-order valence-corrected chi connectivity index (χ1v) is 6.06. The van der Waals surface area contributed by atoms with Crippen molar-refractivity contribution >= 4 is 17.3 Å². The van der Waals surface area contributed by atoms with Crippen LogP contribution in [0, 0.1) is 5.82 Å². The minimum Gasteiger partial charge on any atom is -0.478 e. The topological polar surface area (TPSA) is 66.6 Å². The highest BCUT2D eigenvalue weighted by atomic mass is 19.1. The fraction of sp³-hybridized carbons (Fsp3) is 0.133. The number of nitrogens with two attached hydrogens (primary N) is 1. The van der Waals surface area contributed by atoms with Gasteiger partial charge in [-0.2, -0.15) is 0 Å². The standard InChI is InChI=1S/C15H15FN2O2/c1-18(9-10-5-3-2-4-6-10)14-8-12(16)11(15(19)20)7-13(14)17/h2-8H,9,17H2,1H3,(H,19,20). The molecule has 0 amide bonds. The predicted molar refractivity (Wildman–Crippen MR) is 76.3 cm³/mol. The van der Waals surface area contributed by atoms with E-state index in [4.69, 9.17) is 10.8 Å². The third-order valence-corrected chi connectivity index (χ3v) is 3.02. The summed E-state index contributed by atoms with van der Waals surface area (Å²) in [7, 11) is 1.78. The van der Waals surface area contributed by atoms with Crippen LogP contribution in [0.4, 0.5) is 15.8 Å². The fourth-order valence-electron chi connectivity index (χ4n) is 2.02. The van der Waals surface area contributed by atoms with Crippen LogP contribution in [-0.4, -0.2) is 18.1 Å². The lowest BCUT2D eigenvalue weighted by Gasteiger charge is -2.21. The second-order valence-electron chi connectivity index (χ2n) is 4.54. The zero-order valence-corrected chi connectivity index (χ0v) is 11.0. The molecule has 20 heavy (non-hydrogen) atoms. The van der Waals surface area contributed by atoms with Gasteiger partial charge in [0.05, 0.1) is 16.9 Å². The molecule has 0 spiro atoms. The maximum absolute atomic E-state index is 13.7. The molecule has 0 fully saturated rings. The van der Waals surface area contributed by atoms with Crippen molar-refractivity contribution in [3.05, 3.63) is 59.4 Å². The molecule has 0 aliphatic carbocycles. The highest BCUT2D eigenvalue weighted by molar-refractivity contribution is 5.90. The minimum absolute atomic E-state index is 0.238. The normalized spacial score (nSPS) is 10.3. The monoisotopic (exact) mass is 274 g/mol. The molecule has 0 heterocycles. The van der Waals surface area contributed by atoms with E-state index in [0.29, 0.717) is 12.2 Å². The van der Waals surface area contributed by atoms with E-state index < -0.39 is 17.3 Å². The van der Waals surface area contributed by atoms with Gasteiger partial charge in [-0.15, -0.1) is 0 Å². The van der Waals surface area contributed by atoms with Crippen molar-refractivity contribution in [3.63, 3.8) is 0 Å². The number of aromatic carboxylic acids is 1. The van der Waals surface area contributed by atoms with Crippen molar-refractivity contribution in [3.8, 4) is 0 Å². The summed E-state index contributed by atoms with van der Waals surface area (Å²) < 4.78 is 13.7. The number of carboxylic acid groups (broad SMARTS) is 1. The van der Waals surface area contributed by atoms with Crippen LogP contribution in [0.5, 0.6) is 0 Å². The molecule has 0 atom stereocenters. The van der Waals surface area contributed by atoms with Crippen molar-refractivity contribution in [2.45, 2.75) is 6.54 Å². The number of nitrogen functional groups attached to an aromatic ring is 1. The Morgan fingerprint density at radius 3 is 2.55 bits per heavy atom. The predicted octanol–water partition coefficient (Wildman–Crippen LogP) is 2.74. The Balaban J connectivity index is 2.29. The lowest BCUT2D eigenvalue weighted by Crippen LogP contribution is -2.18. The molecule has 104 valence electrons. The average molecular weight is 274 g/mol. The Morgan fingerprint density at radius 2 is 1.95 bits per heavy atom. The molecule has 2 aromatic carbocycles. The van der Waals surface area contributed by atoms with Gasteiger partial charge < -0.3 is 15.7 Å². The summed E-state index contributed by atoms with van der Waals surface area (Å²) in [6.07, 6.45) is 0. The van der Waals surface area contributed by atoms with E-state index in [1.807, 2.05) is 30.3 Å². The van der Waals surface area contributed by atoms with Crippen molar-refractivity contribution in [1.82, 2.24) is 0 Å². The van der Waals surface area contributed by atoms with Crippen molar-refractivity contribution in [2.75, 3.05) is 17.7 Å². The van der Waals surface area contributed by atoms with Crippen LogP contribution in [0.2, 0.25) is 0 Å². The molecule has 2 rings (SSSR count). The number of anilines is 2. The highest BCUT2D eigenvalue weighted by Crippen LogP contribution is 2.27. The van der Waals surface area contributed by atoms with Gasteiger partial charge in [0, 0.05) is 19.7 Å². The van der Waals surface area contributed by atoms with Gasteiger partial charge >= 0.3 is 5.97 Å². The maximum atomic E-state index is 13.7. The van der Waals surface area contributed by atoms with Crippen molar-refractivity contribution < 1.29 is 14.3 Å². The molecule has 2 aromatic rings. The lowest BCUT2D eigenvalue weighted by atomic mass is 10.1. The SMILES string of the molecule is CN(Cc1ccccc1)c1cc(F)c(C(=O)O)cc1N. The van der Waals surface area contributed by atoms with Crippen molar-refractivity contribution in [2.24, 2.45) is 0 Å². The van der Waals surface area contributed by atoms with Crippen LogP contribution < -0.4 is 10.6 Å². The molecule has 0 saturated carbocycles. The number of hydrogen-bond acceptors (Lipinski definition) is 3. The first-order chi connectivity index (χ1) is 9.49. The van der Waals surface area contributed by atoms with Crippen LogP contribution in [0.25, 0.3) is 0 Å². The Kier molecular flexibility index (Phi) is 3.89.